The quantitative estimate of drug-likeness (QED) is 0.0579. The summed E-state index contributed by atoms with van der Waals surface area (Å²) in [4.78, 5) is 85.9. The van der Waals surface area contributed by atoms with Crippen molar-refractivity contribution in [3.63, 3.8) is 0 Å². The molecule has 0 aliphatic heterocycles. The van der Waals surface area contributed by atoms with Crippen molar-refractivity contribution in [2.75, 3.05) is 25.1 Å². The Labute approximate surface area is 255 Å². The van der Waals surface area contributed by atoms with E-state index >= 15 is 0 Å². The minimum atomic E-state index is -1.39. The summed E-state index contributed by atoms with van der Waals surface area (Å²) in [6.45, 7) is 4.31. The van der Waals surface area contributed by atoms with Gasteiger partial charge in [-0.2, -0.15) is 11.8 Å². The fourth-order valence-corrected chi connectivity index (χ4v) is 4.15. The Kier molecular flexibility index (Phi) is 19.6. The lowest BCUT2D eigenvalue weighted by atomic mass is 10.0. The first-order chi connectivity index (χ1) is 20.1. The summed E-state index contributed by atoms with van der Waals surface area (Å²) in [5.74, 6) is -5.95. The largest absolute Gasteiger partial charge is 0.481 e. The molecule has 0 unspecified atom stereocenters. The van der Waals surface area contributed by atoms with E-state index in [1.165, 1.54) is 18.7 Å². The van der Waals surface area contributed by atoms with E-state index in [9.17, 15) is 38.7 Å². The second kappa shape index (κ2) is 21.3. The molecule has 0 spiro atoms. The average Bonchev–Trinajstić information content (AvgIpc) is 2.93. The van der Waals surface area contributed by atoms with E-state index in [4.69, 9.17) is 16.6 Å². The third kappa shape index (κ3) is 16.7. The monoisotopic (exact) mass is 633 g/mol. The van der Waals surface area contributed by atoms with Gasteiger partial charge in [0, 0.05) is 6.42 Å². The van der Waals surface area contributed by atoms with Crippen molar-refractivity contribution in [2.24, 2.45) is 17.4 Å². The van der Waals surface area contributed by atoms with Crippen molar-refractivity contribution >= 4 is 53.2 Å². The van der Waals surface area contributed by atoms with Crippen LogP contribution in [0.3, 0.4) is 0 Å². The predicted molar refractivity (Wildman–Crippen MR) is 160 cm³/mol. The Morgan fingerprint density at radius 2 is 1.37 bits per heavy atom. The van der Waals surface area contributed by atoms with Crippen molar-refractivity contribution < 1.29 is 43.8 Å². The highest BCUT2D eigenvalue weighted by Crippen LogP contribution is 2.06. The second-order valence-corrected chi connectivity index (χ2v) is 11.3. The van der Waals surface area contributed by atoms with Crippen LogP contribution < -0.4 is 38.1 Å². The lowest BCUT2D eigenvalue weighted by molar-refractivity contribution is -0.143. The van der Waals surface area contributed by atoms with Gasteiger partial charge in [-0.3, -0.25) is 28.8 Å². The van der Waals surface area contributed by atoms with Gasteiger partial charge in [0.25, 0.3) is 0 Å². The number of carbonyl (C=O) groups is 7. The fraction of sp³-hybridized carbons (Fsp3) is 0.731. The number of nitrogens with two attached hydrogens (primary N) is 2. The summed E-state index contributed by atoms with van der Waals surface area (Å²) in [5, 5.41) is 30.4. The second-order valence-electron chi connectivity index (χ2n) is 10.3. The maximum atomic E-state index is 13.2. The van der Waals surface area contributed by atoms with E-state index in [-0.39, 0.29) is 12.8 Å². The molecular weight excluding hydrogens is 586 g/mol. The molecule has 0 rings (SSSR count). The maximum absolute atomic E-state index is 13.2. The van der Waals surface area contributed by atoms with Crippen LogP contribution in [0.1, 0.15) is 59.3 Å². The molecule has 0 saturated carbocycles. The molecule has 0 fully saturated rings. The molecule has 5 atom stereocenters. The van der Waals surface area contributed by atoms with Crippen LogP contribution >= 0.6 is 11.8 Å². The number of aliphatic carboxylic acids is 2. The van der Waals surface area contributed by atoms with Gasteiger partial charge >= 0.3 is 11.9 Å². The first-order valence-electron chi connectivity index (χ1n) is 14.0. The zero-order chi connectivity index (χ0) is 33.1. The van der Waals surface area contributed by atoms with Crippen LogP contribution in [-0.2, 0) is 33.6 Å². The van der Waals surface area contributed by atoms with Gasteiger partial charge < -0.3 is 48.3 Å². The van der Waals surface area contributed by atoms with Gasteiger partial charge in [0.05, 0.1) is 12.6 Å². The molecule has 16 nitrogen and oxygen atoms in total. The van der Waals surface area contributed by atoms with E-state index in [2.05, 4.69) is 26.6 Å². The number of hydrogen-bond donors (Lipinski definition) is 9. The zero-order valence-electron chi connectivity index (χ0n) is 25.1. The van der Waals surface area contributed by atoms with E-state index in [0.29, 0.717) is 31.6 Å². The Morgan fingerprint density at radius 1 is 0.767 bits per heavy atom. The fourth-order valence-electron chi connectivity index (χ4n) is 3.66. The summed E-state index contributed by atoms with van der Waals surface area (Å²) in [6.07, 6.45) is 2.54. The number of rotatable bonds is 22. The van der Waals surface area contributed by atoms with Crippen LogP contribution in [0.15, 0.2) is 0 Å². The summed E-state index contributed by atoms with van der Waals surface area (Å²) in [7, 11) is 0. The predicted octanol–water partition coefficient (Wildman–Crippen LogP) is -2.12. The van der Waals surface area contributed by atoms with Crippen LogP contribution in [0, 0.1) is 5.92 Å². The number of hydrogen-bond acceptors (Lipinski definition) is 10. The normalized spacial score (nSPS) is 14.4. The molecule has 0 aromatic rings. The molecule has 0 heterocycles. The Bertz CT molecular complexity index is 967. The molecule has 246 valence electrons. The minimum absolute atomic E-state index is 0.129. The molecule has 0 radical (unpaired) electrons. The van der Waals surface area contributed by atoms with Gasteiger partial charge in [0.2, 0.25) is 29.5 Å². The van der Waals surface area contributed by atoms with E-state index in [1.807, 2.05) is 6.26 Å². The Hall–Kier alpha value is -3.44. The molecule has 0 bridgehead atoms. The number of amides is 5. The molecule has 5 amide bonds. The number of thioether (sulfide) groups is 1. The van der Waals surface area contributed by atoms with Crippen LogP contribution in [0.25, 0.3) is 0 Å². The molecule has 0 saturated heterocycles. The van der Waals surface area contributed by atoms with E-state index < -0.39 is 90.6 Å². The summed E-state index contributed by atoms with van der Waals surface area (Å²) >= 11 is 1.52. The van der Waals surface area contributed by atoms with Gasteiger partial charge in [-0.25, -0.2) is 4.79 Å². The van der Waals surface area contributed by atoms with Crippen molar-refractivity contribution in [3.05, 3.63) is 0 Å². The smallest absolute Gasteiger partial charge is 0.326 e. The van der Waals surface area contributed by atoms with E-state index in [1.54, 1.807) is 13.8 Å². The highest BCUT2D eigenvalue weighted by atomic mass is 32.2. The van der Waals surface area contributed by atoms with Gasteiger partial charge in [0.15, 0.2) is 0 Å². The van der Waals surface area contributed by atoms with Gasteiger partial charge in [0.1, 0.15) is 24.2 Å². The van der Waals surface area contributed by atoms with Gasteiger partial charge in [-0.15, -0.1) is 0 Å². The molecular formula is C26H47N7O9S. The van der Waals surface area contributed by atoms with Gasteiger partial charge in [-0.05, 0) is 63.5 Å². The lowest BCUT2D eigenvalue weighted by Gasteiger charge is -2.25. The maximum Gasteiger partial charge on any atom is 0.326 e. The van der Waals surface area contributed by atoms with Gasteiger partial charge in [-0.1, -0.05) is 13.8 Å². The molecule has 11 N–H and O–H groups in total. The molecule has 43 heavy (non-hydrogen) atoms. The SMILES string of the molecule is CSCC[C@H](N)C(=O)N[C@@H](C)C(=O)N[C@@H](CCCCN)C(=O)N[C@@H](CCC(=O)O)C(=O)NCC(=O)N[C@H](C(=O)O)C(C)C. The van der Waals surface area contributed by atoms with Crippen LogP contribution in [0.5, 0.6) is 0 Å². The van der Waals surface area contributed by atoms with Crippen molar-refractivity contribution in [2.45, 2.75) is 89.5 Å². The zero-order valence-corrected chi connectivity index (χ0v) is 26.0. The molecule has 17 heteroatoms. The number of carbonyl (C=O) groups excluding carboxylic acids is 5. The molecule has 0 aromatic heterocycles. The lowest BCUT2D eigenvalue weighted by Crippen LogP contribution is -2.57. The first kappa shape index (κ1) is 39.6. The molecule has 0 aliphatic rings. The molecule has 0 aromatic carbocycles. The highest BCUT2D eigenvalue weighted by molar-refractivity contribution is 7.98. The average molecular weight is 634 g/mol. The Balaban J connectivity index is 5.52. The third-order valence-corrected chi connectivity index (χ3v) is 6.90. The number of carboxylic acids is 2. The van der Waals surface area contributed by atoms with Crippen molar-refractivity contribution in [3.8, 4) is 0 Å². The third-order valence-electron chi connectivity index (χ3n) is 6.25. The Morgan fingerprint density at radius 3 is 1.91 bits per heavy atom. The van der Waals surface area contributed by atoms with Crippen molar-refractivity contribution in [1.82, 2.24) is 26.6 Å². The summed E-state index contributed by atoms with van der Waals surface area (Å²) in [5.41, 5.74) is 11.4. The number of carboxylic acid groups (broad SMARTS) is 2. The standard InChI is InChI=1S/C26H47N7O9S/c1-14(2)21(26(41)42)33-19(34)13-29-24(39)18(8-9-20(35)36)32-25(40)17(7-5-6-11-27)31-22(37)15(3)30-23(38)16(28)10-12-43-4/h14-18,21H,5-13,27-28H2,1-4H3,(H,29,39)(H,30,38)(H,31,37)(H,32,40)(H,33,34)(H,35,36)(H,41,42)/t15-,16-,17-,18-,21-/m0/s1. The topological polar surface area (TPSA) is 272 Å². The minimum Gasteiger partial charge on any atom is -0.481 e. The number of unbranched alkanes of at least 4 members (excludes halogenated alkanes) is 1. The van der Waals surface area contributed by atoms with Crippen molar-refractivity contribution in [1.29, 1.82) is 0 Å². The van der Waals surface area contributed by atoms with Crippen LogP contribution in [-0.4, -0.2) is 107 Å². The highest BCUT2D eigenvalue weighted by Gasteiger charge is 2.30. The first-order valence-corrected chi connectivity index (χ1v) is 15.4. The van der Waals surface area contributed by atoms with Crippen LogP contribution in [0.4, 0.5) is 0 Å². The number of nitrogens with one attached hydrogen (secondary N) is 5. The molecule has 0 aliphatic carbocycles. The van der Waals surface area contributed by atoms with E-state index in [0.717, 1.165) is 0 Å². The van der Waals surface area contributed by atoms with Crippen LogP contribution in [0.2, 0.25) is 0 Å². The summed E-state index contributed by atoms with van der Waals surface area (Å²) < 4.78 is 0. The summed E-state index contributed by atoms with van der Waals surface area (Å²) in [6, 6.07) is -5.60.